The number of aromatic nitrogens is 5. The number of ether oxygens (including phenoxy) is 1. The summed E-state index contributed by atoms with van der Waals surface area (Å²) in [5.41, 5.74) is 5.71. The standard InChI is InChI=1S/C14H22N6O/c1-3-5-6-11(4-2)9-21-14-18-12(15)17-13(19-14)20-8-7-16-10-20/h7-8,10-11H,3-6,9H2,1-2H3,(H2,15,17,18,19). The number of imidazole rings is 1. The summed E-state index contributed by atoms with van der Waals surface area (Å²) in [5, 5.41) is 0. The van der Waals surface area contributed by atoms with Crippen molar-refractivity contribution < 1.29 is 4.74 Å². The average Bonchev–Trinajstić information content (AvgIpc) is 3.01. The van der Waals surface area contributed by atoms with E-state index in [1.165, 1.54) is 12.8 Å². The van der Waals surface area contributed by atoms with Crippen LogP contribution < -0.4 is 10.5 Å². The Bertz CT molecular complexity index is 542. The number of rotatable bonds is 8. The van der Waals surface area contributed by atoms with Gasteiger partial charge in [0.2, 0.25) is 11.9 Å². The molecule has 0 fully saturated rings. The fourth-order valence-electron chi connectivity index (χ4n) is 2.01. The molecule has 0 radical (unpaired) electrons. The van der Waals surface area contributed by atoms with Crippen molar-refractivity contribution in [2.75, 3.05) is 12.3 Å². The average molecular weight is 290 g/mol. The van der Waals surface area contributed by atoms with E-state index in [4.69, 9.17) is 10.5 Å². The van der Waals surface area contributed by atoms with Crippen LogP contribution in [0, 0.1) is 5.92 Å². The van der Waals surface area contributed by atoms with E-state index < -0.39 is 0 Å². The summed E-state index contributed by atoms with van der Waals surface area (Å²) in [4.78, 5) is 16.3. The molecule has 0 saturated heterocycles. The van der Waals surface area contributed by atoms with Crippen LogP contribution in [0.3, 0.4) is 0 Å². The maximum Gasteiger partial charge on any atom is 0.323 e. The van der Waals surface area contributed by atoms with Crippen LogP contribution >= 0.6 is 0 Å². The van der Waals surface area contributed by atoms with E-state index >= 15 is 0 Å². The summed E-state index contributed by atoms with van der Waals surface area (Å²) in [7, 11) is 0. The molecular weight excluding hydrogens is 268 g/mol. The van der Waals surface area contributed by atoms with Crippen molar-refractivity contribution in [3.8, 4) is 12.0 Å². The third-order valence-corrected chi connectivity index (χ3v) is 3.35. The van der Waals surface area contributed by atoms with Crippen LogP contribution in [0.2, 0.25) is 0 Å². The minimum absolute atomic E-state index is 0.144. The molecule has 2 heterocycles. The molecule has 0 aliphatic carbocycles. The van der Waals surface area contributed by atoms with Crippen molar-refractivity contribution in [3.63, 3.8) is 0 Å². The van der Waals surface area contributed by atoms with Gasteiger partial charge in [-0.1, -0.05) is 33.1 Å². The van der Waals surface area contributed by atoms with Crippen molar-refractivity contribution in [2.24, 2.45) is 5.92 Å². The first kappa shape index (κ1) is 15.2. The maximum atomic E-state index is 5.71. The van der Waals surface area contributed by atoms with E-state index in [-0.39, 0.29) is 12.0 Å². The number of anilines is 1. The van der Waals surface area contributed by atoms with Crippen LogP contribution in [0.1, 0.15) is 39.5 Å². The zero-order chi connectivity index (χ0) is 15.1. The summed E-state index contributed by atoms with van der Waals surface area (Å²) in [6.45, 7) is 4.96. The van der Waals surface area contributed by atoms with Gasteiger partial charge in [-0.05, 0) is 12.3 Å². The Balaban J connectivity index is 2.03. The topological polar surface area (TPSA) is 91.7 Å². The summed E-state index contributed by atoms with van der Waals surface area (Å²) < 4.78 is 7.37. The first-order valence-corrected chi connectivity index (χ1v) is 7.35. The molecule has 7 nitrogen and oxygen atoms in total. The fraction of sp³-hybridized carbons (Fsp3) is 0.571. The number of unbranched alkanes of at least 4 members (excludes halogenated alkanes) is 1. The highest BCUT2D eigenvalue weighted by Gasteiger charge is 2.11. The van der Waals surface area contributed by atoms with Crippen molar-refractivity contribution in [1.29, 1.82) is 0 Å². The SMILES string of the molecule is CCCCC(CC)COc1nc(N)nc(-n2ccnc2)n1. The number of nitrogens with two attached hydrogens (primary N) is 1. The molecule has 0 aromatic carbocycles. The van der Waals surface area contributed by atoms with Gasteiger partial charge in [0.1, 0.15) is 6.33 Å². The second-order valence-corrected chi connectivity index (χ2v) is 4.97. The van der Waals surface area contributed by atoms with Crippen LogP contribution in [-0.2, 0) is 0 Å². The van der Waals surface area contributed by atoms with Gasteiger partial charge < -0.3 is 10.5 Å². The van der Waals surface area contributed by atoms with Crippen LogP contribution in [0.15, 0.2) is 18.7 Å². The number of nitrogen functional groups attached to an aromatic ring is 1. The summed E-state index contributed by atoms with van der Waals surface area (Å²) >= 11 is 0. The molecule has 2 aromatic heterocycles. The molecular formula is C14H22N6O. The summed E-state index contributed by atoms with van der Waals surface area (Å²) in [6.07, 6.45) is 9.64. The lowest BCUT2D eigenvalue weighted by atomic mass is 10.0. The molecule has 0 saturated carbocycles. The van der Waals surface area contributed by atoms with Gasteiger partial charge in [-0.2, -0.15) is 15.0 Å². The lowest BCUT2D eigenvalue weighted by Gasteiger charge is -2.14. The zero-order valence-corrected chi connectivity index (χ0v) is 12.6. The lowest BCUT2D eigenvalue weighted by molar-refractivity contribution is 0.217. The second kappa shape index (κ2) is 7.56. The van der Waals surface area contributed by atoms with Gasteiger partial charge >= 0.3 is 6.01 Å². The Labute approximate surface area is 124 Å². The molecule has 114 valence electrons. The quantitative estimate of drug-likeness (QED) is 0.801. The van der Waals surface area contributed by atoms with Crippen molar-refractivity contribution in [1.82, 2.24) is 24.5 Å². The second-order valence-electron chi connectivity index (χ2n) is 4.97. The van der Waals surface area contributed by atoms with E-state index in [1.54, 1.807) is 23.3 Å². The highest BCUT2D eigenvalue weighted by atomic mass is 16.5. The molecule has 0 aliphatic rings. The molecule has 2 N–H and O–H groups in total. The predicted molar refractivity (Wildman–Crippen MR) is 80.2 cm³/mol. The van der Waals surface area contributed by atoms with Crippen molar-refractivity contribution in [3.05, 3.63) is 18.7 Å². The summed E-state index contributed by atoms with van der Waals surface area (Å²) in [6, 6.07) is 0.265. The largest absolute Gasteiger partial charge is 0.463 e. The van der Waals surface area contributed by atoms with Gasteiger partial charge in [-0.25, -0.2) is 4.98 Å². The van der Waals surface area contributed by atoms with Gasteiger partial charge in [-0.3, -0.25) is 4.57 Å². The Morgan fingerprint density at radius 2 is 2.14 bits per heavy atom. The first-order valence-electron chi connectivity index (χ1n) is 7.35. The van der Waals surface area contributed by atoms with Gasteiger partial charge in [0.05, 0.1) is 6.61 Å². The molecule has 7 heteroatoms. The minimum Gasteiger partial charge on any atom is -0.463 e. The van der Waals surface area contributed by atoms with E-state index in [9.17, 15) is 0 Å². The zero-order valence-electron chi connectivity index (χ0n) is 12.6. The first-order chi connectivity index (χ1) is 10.2. The molecule has 2 aromatic rings. The Morgan fingerprint density at radius 1 is 1.29 bits per heavy atom. The highest BCUT2D eigenvalue weighted by molar-refractivity contribution is 5.24. The predicted octanol–water partition coefficient (Wildman–Crippen LogP) is 2.23. The van der Waals surface area contributed by atoms with E-state index in [0.717, 1.165) is 12.8 Å². The van der Waals surface area contributed by atoms with Gasteiger partial charge in [0, 0.05) is 12.4 Å². The number of hydrogen-bond acceptors (Lipinski definition) is 6. The van der Waals surface area contributed by atoms with Crippen LogP contribution in [-0.4, -0.2) is 31.1 Å². The van der Waals surface area contributed by atoms with Crippen LogP contribution in [0.4, 0.5) is 5.95 Å². The molecule has 0 amide bonds. The molecule has 0 spiro atoms. The highest BCUT2D eigenvalue weighted by Crippen LogP contribution is 2.15. The molecule has 0 aliphatic heterocycles. The van der Waals surface area contributed by atoms with Crippen molar-refractivity contribution in [2.45, 2.75) is 39.5 Å². The third kappa shape index (κ3) is 4.40. The Morgan fingerprint density at radius 3 is 2.81 bits per heavy atom. The van der Waals surface area contributed by atoms with E-state index in [2.05, 4.69) is 33.8 Å². The van der Waals surface area contributed by atoms with E-state index in [0.29, 0.717) is 18.5 Å². The fourth-order valence-corrected chi connectivity index (χ4v) is 2.01. The van der Waals surface area contributed by atoms with Gasteiger partial charge in [0.25, 0.3) is 0 Å². The molecule has 0 bridgehead atoms. The van der Waals surface area contributed by atoms with Crippen molar-refractivity contribution >= 4 is 5.95 Å². The van der Waals surface area contributed by atoms with Crippen LogP contribution in [0.25, 0.3) is 5.95 Å². The molecule has 1 unspecified atom stereocenters. The number of nitrogens with zero attached hydrogens (tertiary/aromatic N) is 5. The lowest BCUT2D eigenvalue weighted by Crippen LogP contribution is -2.14. The smallest absolute Gasteiger partial charge is 0.323 e. The van der Waals surface area contributed by atoms with Gasteiger partial charge in [-0.15, -0.1) is 0 Å². The normalized spacial score (nSPS) is 12.3. The summed E-state index contributed by atoms with van der Waals surface area (Å²) in [5.74, 6) is 1.07. The Hall–Kier alpha value is -2.18. The minimum atomic E-state index is 0.144. The van der Waals surface area contributed by atoms with E-state index in [1.807, 2.05) is 0 Å². The van der Waals surface area contributed by atoms with Crippen LogP contribution in [0.5, 0.6) is 6.01 Å². The van der Waals surface area contributed by atoms with Gasteiger partial charge in [0.15, 0.2) is 0 Å². The third-order valence-electron chi connectivity index (χ3n) is 3.35. The molecule has 21 heavy (non-hydrogen) atoms. The monoisotopic (exact) mass is 290 g/mol. The maximum absolute atomic E-state index is 5.71. The number of hydrogen-bond donors (Lipinski definition) is 1. The Kier molecular flexibility index (Phi) is 5.48. The molecule has 1 atom stereocenters. The molecule has 2 rings (SSSR count).